The van der Waals surface area contributed by atoms with Gasteiger partial charge >= 0.3 is 0 Å². The van der Waals surface area contributed by atoms with Crippen LogP contribution in [0.15, 0.2) is 30.3 Å². The zero-order valence-corrected chi connectivity index (χ0v) is 14.1. The molecule has 2 fully saturated rings. The second-order valence-electron chi connectivity index (χ2n) is 6.86. The third-order valence-electron chi connectivity index (χ3n) is 4.95. The van der Waals surface area contributed by atoms with Gasteiger partial charge in [-0.15, -0.1) is 0 Å². The summed E-state index contributed by atoms with van der Waals surface area (Å²) in [6.07, 6.45) is 3.67. The third-order valence-corrected chi connectivity index (χ3v) is 4.95. The number of likely N-dealkylation sites (tertiary alicyclic amines) is 1. The molecular weight excluding hydrogens is 304 g/mol. The zero-order chi connectivity index (χ0) is 16.8. The summed E-state index contributed by atoms with van der Waals surface area (Å²) < 4.78 is 5.36. The Balaban J connectivity index is 1.45. The highest BCUT2D eigenvalue weighted by atomic mass is 16.5. The molecule has 2 aliphatic heterocycles. The first-order chi connectivity index (χ1) is 11.7. The van der Waals surface area contributed by atoms with E-state index in [0.29, 0.717) is 30.4 Å². The highest BCUT2D eigenvalue weighted by Crippen LogP contribution is 2.21. The maximum absolute atomic E-state index is 12.4. The first-order valence-corrected chi connectivity index (χ1v) is 8.91. The fourth-order valence-electron chi connectivity index (χ4n) is 3.51. The molecule has 24 heavy (non-hydrogen) atoms. The SMILES string of the molecule is O=C(NC[C@@H]1CCCN(C(=O)C[C@H]2CCOC2)C1)c1ccccc1. The normalized spacial score (nSPS) is 23.9. The van der Waals surface area contributed by atoms with Crippen LogP contribution in [0, 0.1) is 11.8 Å². The van der Waals surface area contributed by atoms with E-state index >= 15 is 0 Å². The van der Waals surface area contributed by atoms with Gasteiger partial charge in [0.2, 0.25) is 5.91 Å². The van der Waals surface area contributed by atoms with Crippen LogP contribution < -0.4 is 5.32 Å². The van der Waals surface area contributed by atoms with Gasteiger partial charge in [-0.1, -0.05) is 18.2 Å². The number of ether oxygens (including phenoxy) is 1. The Hall–Kier alpha value is -1.88. The van der Waals surface area contributed by atoms with Gasteiger partial charge in [-0.25, -0.2) is 0 Å². The van der Waals surface area contributed by atoms with Crippen LogP contribution in [-0.2, 0) is 9.53 Å². The van der Waals surface area contributed by atoms with Crippen LogP contribution in [0.4, 0.5) is 0 Å². The van der Waals surface area contributed by atoms with Crippen LogP contribution in [-0.4, -0.2) is 49.6 Å². The lowest BCUT2D eigenvalue weighted by atomic mass is 9.96. The van der Waals surface area contributed by atoms with E-state index in [-0.39, 0.29) is 11.8 Å². The molecule has 0 unspecified atom stereocenters. The summed E-state index contributed by atoms with van der Waals surface area (Å²) in [5, 5.41) is 3.00. The van der Waals surface area contributed by atoms with E-state index < -0.39 is 0 Å². The van der Waals surface area contributed by atoms with Crippen molar-refractivity contribution >= 4 is 11.8 Å². The predicted molar refractivity (Wildman–Crippen MR) is 91.6 cm³/mol. The molecule has 0 bridgehead atoms. The van der Waals surface area contributed by atoms with Crippen LogP contribution in [0.3, 0.4) is 0 Å². The van der Waals surface area contributed by atoms with Crippen LogP contribution in [0.2, 0.25) is 0 Å². The van der Waals surface area contributed by atoms with Crippen LogP contribution >= 0.6 is 0 Å². The molecule has 2 amide bonds. The van der Waals surface area contributed by atoms with E-state index in [1.54, 1.807) is 0 Å². The van der Waals surface area contributed by atoms with Gasteiger partial charge in [0.1, 0.15) is 0 Å². The average Bonchev–Trinajstić information content (AvgIpc) is 3.13. The Bertz CT molecular complexity index is 555. The number of hydrogen-bond donors (Lipinski definition) is 1. The Labute approximate surface area is 143 Å². The minimum absolute atomic E-state index is 0.0397. The smallest absolute Gasteiger partial charge is 0.251 e. The van der Waals surface area contributed by atoms with Crippen LogP contribution in [0.25, 0.3) is 0 Å². The molecule has 0 saturated carbocycles. The first-order valence-electron chi connectivity index (χ1n) is 8.91. The minimum Gasteiger partial charge on any atom is -0.381 e. The van der Waals surface area contributed by atoms with Gasteiger partial charge in [0.25, 0.3) is 5.91 Å². The molecule has 0 spiro atoms. The molecule has 1 N–H and O–H groups in total. The number of hydrogen-bond acceptors (Lipinski definition) is 3. The Morgan fingerprint density at radius 1 is 1.17 bits per heavy atom. The van der Waals surface area contributed by atoms with Crippen LogP contribution in [0.5, 0.6) is 0 Å². The van der Waals surface area contributed by atoms with Crippen molar-refractivity contribution in [2.45, 2.75) is 25.7 Å². The monoisotopic (exact) mass is 330 g/mol. The predicted octanol–water partition coefficient (Wildman–Crippen LogP) is 2.08. The molecule has 5 nitrogen and oxygen atoms in total. The summed E-state index contributed by atoms with van der Waals surface area (Å²) in [5.74, 6) is 0.928. The zero-order valence-electron chi connectivity index (χ0n) is 14.1. The van der Waals surface area contributed by atoms with Gasteiger partial charge in [0, 0.05) is 44.8 Å². The van der Waals surface area contributed by atoms with E-state index in [1.807, 2.05) is 35.2 Å². The highest BCUT2D eigenvalue weighted by molar-refractivity contribution is 5.94. The van der Waals surface area contributed by atoms with Gasteiger partial charge < -0.3 is 15.0 Å². The molecule has 0 aliphatic carbocycles. The van der Waals surface area contributed by atoms with Crippen molar-refractivity contribution in [1.82, 2.24) is 10.2 Å². The topological polar surface area (TPSA) is 58.6 Å². The summed E-state index contributed by atoms with van der Waals surface area (Å²) in [6.45, 7) is 3.73. The summed E-state index contributed by atoms with van der Waals surface area (Å²) in [4.78, 5) is 26.5. The molecule has 2 saturated heterocycles. The van der Waals surface area contributed by atoms with Crippen molar-refractivity contribution in [2.24, 2.45) is 11.8 Å². The van der Waals surface area contributed by atoms with Gasteiger partial charge in [-0.05, 0) is 43.2 Å². The standard InChI is InChI=1S/C19H26N2O3/c22-18(11-15-8-10-24-14-15)21-9-4-5-16(13-21)12-20-19(23)17-6-2-1-3-7-17/h1-3,6-7,15-16H,4-5,8-14H2,(H,20,23)/t15-,16+/m1/s1. The van der Waals surface area contributed by atoms with Gasteiger partial charge in [-0.3, -0.25) is 9.59 Å². The quantitative estimate of drug-likeness (QED) is 0.899. The molecular formula is C19H26N2O3. The average molecular weight is 330 g/mol. The molecule has 5 heteroatoms. The van der Waals surface area contributed by atoms with Gasteiger partial charge in [0.15, 0.2) is 0 Å². The van der Waals surface area contributed by atoms with Crippen molar-refractivity contribution in [3.8, 4) is 0 Å². The second kappa shape index (κ2) is 8.29. The summed E-state index contributed by atoms with van der Waals surface area (Å²) in [7, 11) is 0. The maximum atomic E-state index is 12.4. The number of carbonyl (C=O) groups is 2. The third kappa shape index (κ3) is 4.57. The Kier molecular flexibility index (Phi) is 5.86. The molecule has 3 rings (SSSR count). The molecule has 2 atom stereocenters. The number of amides is 2. The van der Waals surface area contributed by atoms with E-state index in [0.717, 1.165) is 45.6 Å². The number of nitrogens with zero attached hydrogens (tertiary/aromatic N) is 1. The second-order valence-corrected chi connectivity index (χ2v) is 6.86. The van der Waals surface area contributed by atoms with Crippen molar-refractivity contribution < 1.29 is 14.3 Å². The number of benzene rings is 1. The van der Waals surface area contributed by atoms with Crippen LogP contribution in [0.1, 0.15) is 36.0 Å². The molecule has 2 aliphatic rings. The van der Waals surface area contributed by atoms with E-state index in [1.165, 1.54) is 0 Å². The minimum atomic E-state index is -0.0397. The number of piperidine rings is 1. The number of rotatable bonds is 5. The molecule has 0 radical (unpaired) electrons. The van der Waals surface area contributed by atoms with Crippen molar-refractivity contribution in [2.75, 3.05) is 32.8 Å². The van der Waals surface area contributed by atoms with Gasteiger partial charge in [0.05, 0.1) is 0 Å². The molecule has 1 aromatic rings. The summed E-state index contributed by atoms with van der Waals surface area (Å²) in [5.41, 5.74) is 0.683. The van der Waals surface area contributed by atoms with E-state index in [2.05, 4.69) is 5.32 Å². The molecule has 1 aromatic carbocycles. The maximum Gasteiger partial charge on any atom is 0.251 e. The number of carbonyl (C=O) groups excluding carboxylic acids is 2. The fourth-order valence-corrected chi connectivity index (χ4v) is 3.51. The summed E-state index contributed by atoms with van der Waals surface area (Å²) in [6, 6.07) is 9.26. The lowest BCUT2D eigenvalue weighted by Gasteiger charge is -2.33. The van der Waals surface area contributed by atoms with E-state index in [4.69, 9.17) is 4.74 Å². The van der Waals surface area contributed by atoms with Crippen molar-refractivity contribution in [3.63, 3.8) is 0 Å². The summed E-state index contributed by atoms with van der Waals surface area (Å²) >= 11 is 0. The fraction of sp³-hybridized carbons (Fsp3) is 0.579. The molecule has 2 heterocycles. The Morgan fingerprint density at radius 2 is 2.00 bits per heavy atom. The van der Waals surface area contributed by atoms with E-state index in [9.17, 15) is 9.59 Å². The Morgan fingerprint density at radius 3 is 2.75 bits per heavy atom. The first kappa shape index (κ1) is 17.0. The highest BCUT2D eigenvalue weighted by Gasteiger charge is 2.27. The molecule has 130 valence electrons. The lowest BCUT2D eigenvalue weighted by Crippen LogP contribution is -2.44. The van der Waals surface area contributed by atoms with Crippen molar-refractivity contribution in [1.29, 1.82) is 0 Å². The lowest BCUT2D eigenvalue weighted by molar-refractivity contribution is -0.134. The number of nitrogens with one attached hydrogen (secondary N) is 1. The van der Waals surface area contributed by atoms with Gasteiger partial charge in [-0.2, -0.15) is 0 Å². The van der Waals surface area contributed by atoms with Crippen molar-refractivity contribution in [3.05, 3.63) is 35.9 Å². The molecule has 0 aromatic heterocycles. The largest absolute Gasteiger partial charge is 0.381 e.